The molecule has 2 aromatic rings. The summed E-state index contributed by atoms with van der Waals surface area (Å²) < 4.78 is 0. The Morgan fingerprint density at radius 3 is 3.06 bits per heavy atom. The summed E-state index contributed by atoms with van der Waals surface area (Å²) in [6, 6.07) is 0. The molecule has 0 fully saturated rings. The number of aliphatic carboxylic acids is 1. The SMILES string of the molecule is CCC[C@@H](Sc1ncnc2nc[nH]c12)C(=O)O. The minimum atomic E-state index is -0.817. The van der Waals surface area contributed by atoms with Gasteiger partial charge in [-0.1, -0.05) is 25.1 Å². The molecule has 0 aromatic carbocycles. The highest BCUT2D eigenvalue weighted by molar-refractivity contribution is 8.00. The van der Waals surface area contributed by atoms with Crippen LogP contribution >= 0.6 is 11.8 Å². The molecule has 0 radical (unpaired) electrons. The van der Waals surface area contributed by atoms with Gasteiger partial charge in [0.15, 0.2) is 5.65 Å². The summed E-state index contributed by atoms with van der Waals surface area (Å²) in [6.07, 6.45) is 4.36. The van der Waals surface area contributed by atoms with E-state index in [1.54, 1.807) is 0 Å². The van der Waals surface area contributed by atoms with Gasteiger partial charge in [0, 0.05) is 0 Å². The van der Waals surface area contributed by atoms with Crippen molar-refractivity contribution < 1.29 is 9.90 Å². The maximum atomic E-state index is 11.1. The van der Waals surface area contributed by atoms with Crippen molar-refractivity contribution in [1.29, 1.82) is 0 Å². The molecule has 2 heterocycles. The lowest BCUT2D eigenvalue weighted by molar-refractivity contribution is -0.136. The van der Waals surface area contributed by atoms with Crippen LogP contribution in [0, 0.1) is 0 Å². The molecule has 17 heavy (non-hydrogen) atoms. The highest BCUT2D eigenvalue weighted by atomic mass is 32.2. The Kier molecular flexibility index (Phi) is 3.58. The minimum Gasteiger partial charge on any atom is -0.480 e. The molecule has 0 spiro atoms. The zero-order valence-corrected chi connectivity index (χ0v) is 10.1. The van der Waals surface area contributed by atoms with Gasteiger partial charge in [0.2, 0.25) is 0 Å². The predicted molar refractivity (Wildman–Crippen MR) is 63.9 cm³/mol. The molecule has 0 saturated heterocycles. The molecule has 0 unspecified atom stereocenters. The molecule has 0 aliphatic heterocycles. The summed E-state index contributed by atoms with van der Waals surface area (Å²) in [5.41, 5.74) is 1.25. The maximum absolute atomic E-state index is 11.1. The van der Waals surface area contributed by atoms with E-state index in [0.717, 1.165) is 6.42 Å². The van der Waals surface area contributed by atoms with Crippen molar-refractivity contribution in [1.82, 2.24) is 19.9 Å². The topological polar surface area (TPSA) is 91.8 Å². The van der Waals surface area contributed by atoms with Gasteiger partial charge in [-0.15, -0.1) is 0 Å². The maximum Gasteiger partial charge on any atom is 0.317 e. The third-order valence-electron chi connectivity index (χ3n) is 2.27. The standard InChI is InChI=1S/C10H12N4O2S/c1-2-3-6(10(15)16)17-9-7-8(12-4-11-7)13-5-14-9/h4-6H,2-3H2,1H3,(H,15,16)(H,11,12,13,14)/t6-/m1/s1. The molecule has 6 nitrogen and oxygen atoms in total. The van der Waals surface area contributed by atoms with Crippen molar-refractivity contribution in [2.24, 2.45) is 0 Å². The molecule has 0 bridgehead atoms. The van der Waals surface area contributed by atoms with Crippen LogP contribution in [0.1, 0.15) is 19.8 Å². The summed E-state index contributed by atoms with van der Waals surface area (Å²) >= 11 is 1.23. The molecule has 2 rings (SSSR count). The van der Waals surface area contributed by atoms with Gasteiger partial charge in [-0.2, -0.15) is 0 Å². The van der Waals surface area contributed by atoms with Gasteiger partial charge in [0.1, 0.15) is 22.1 Å². The number of nitrogens with one attached hydrogen (secondary N) is 1. The van der Waals surface area contributed by atoms with Crippen molar-refractivity contribution in [2.45, 2.75) is 30.0 Å². The quantitative estimate of drug-likeness (QED) is 0.621. The number of hydrogen-bond donors (Lipinski definition) is 2. The van der Waals surface area contributed by atoms with E-state index in [-0.39, 0.29) is 0 Å². The lowest BCUT2D eigenvalue weighted by atomic mass is 10.2. The number of fused-ring (bicyclic) bond motifs is 1. The second-order valence-corrected chi connectivity index (χ2v) is 4.70. The zero-order chi connectivity index (χ0) is 12.3. The van der Waals surface area contributed by atoms with Gasteiger partial charge in [0.05, 0.1) is 6.33 Å². The van der Waals surface area contributed by atoms with Crippen LogP contribution in [0.3, 0.4) is 0 Å². The second kappa shape index (κ2) is 5.13. The summed E-state index contributed by atoms with van der Waals surface area (Å²) in [7, 11) is 0. The fourth-order valence-corrected chi connectivity index (χ4v) is 2.56. The number of hydrogen-bond acceptors (Lipinski definition) is 5. The third-order valence-corrected chi connectivity index (χ3v) is 3.52. The number of rotatable bonds is 5. The van der Waals surface area contributed by atoms with Gasteiger partial charge in [-0.25, -0.2) is 15.0 Å². The number of nitrogens with zero attached hydrogens (tertiary/aromatic N) is 3. The minimum absolute atomic E-state index is 0.485. The molecule has 0 saturated carbocycles. The first-order chi connectivity index (χ1) is 8.22. The number of thioether (sulfide) groups is 1. The van der Waals surface area contributed by atoms with Crippen LogP contribution in [0.25, 0.3) is 11.2 Å². The molecule has 0 aliphatic rings. The number of H-pyrrole nitrogens is 1. The van der Waals surface area contributed by atoms with Gasteiger partial charge < -0.3 is 10.1 Å². The Morgan fingerprint density at radius 2 is 2.35 bits per heavy atom. The van der Waals surface area contributed by atoms with Crippen LogP contribution in [0.2, 0.25) is 0 Å². The van der Waals surface area contributed by atoms with Crippen LogP contribution < -0.4 is 0 Å². The van der Waals surface area contributed by atoms with Gasteiger partial charge >= 0.3 is 5.97 Å². The number of aromatic nitrogens is 4. The molecular weight excluding hydrogens is 240 g/mol. The van der Waals surface area contributed by atoms with Crippen LogP contribution in [0.4, 0.5) is 0 Å². The lowest BCUT2D eigenvalue weighted by Crippen LogP contribution is -2.16. The Morgan fingerprint density at radius 1 is 1.53 bits per heavy atom. The van der Waals surface area contributed by atoms with Crippen molar-refractivity contribution >= 4 is 28.9 Å². The largest absolute Gasteiger partial charge is 0.480 e. The predicted octanol–water partition coefficient (Wildman–Crippen LogP) is 1.70. The molecule has 0 amide bonds. The van der Waals surface area contributed by atoms with Crippen LogP contribution in [-0.2, 0) is 4.79 Å². The van der Waals surface area contributed by atoms with E-state index < -0.39 is 11.2 Å². The molecule has 0 aliphatic carbocycles. The average molecular weight is 252 g/mol. The zero-order valence-electron chi connectivity index (χ0n) is 9.25. The Hall–Kier alpha value is -1.63. The summed E-state index contributed by atoms with van der Waals surface area (Å²) in [5, 5.41) is 9.25. The molecule has 7 heteroatoms. The van der Waals surface area contributed by atoms with E-state index >= 15 is 0 Å². The van der Waals surface area contributed by atoms with Crippen LogP contribution in [0.15, 0.2) is 17.7 Å². The Balaban J connectivity index is 2.27. The first kappa shape index (κ1) is 11.8. The van der Waals surface area contributed by atoms with Crippen LogP contribution in [0.5, 0.6) is 0 Å². The fraction of sp³-hybridized carbons (Fsp3) is 0.400. The summed E-state index contributed by atoms with van der Waals surface area (Å²) in [5.74, 6) is -0.817. The lowest BCUT2D eigenvalue weighted by Gasteiger charge is -2.09. The average Bonchev–Trinajstić information content (AvgIpc) is 2.77. The van der Waals surface area contributed by atoms with Gasteiger partial charge in [-0.3, -0.25) is 4.79 Å². The van der Waals surface area contributed by atoms with Gasteiger partial charge in [0.25, 0.3) is 0 Å². The number of aromatic amines is 1. The number of carbonyl (C=O) groups is 1. The molecular formula is C10H12N4O2S. The number of imidazole rings is 1. The molecule has 2 N–H and O–H groups in total. The van der Waals surface area contributed by atoms with E-state index in [0.29, 0.717) is 22.6 Å². The van der Waals surface area contributed by atoms with E-state index in [9.17, 15) is 4.79 Å². The first-order valence-corrected chi connectivity index (χ1v) is 6.14. The highest BCUT2D eigenvalue weighted by Crippen LogP contribution is 2.28. The van der Waals surface area contributed by atoms with Crippen molar-refractivity contribution in [3.63, 3.8) is 0 Å². The van der Waals surface area contributed by atoms with E-state index in [1.165, 1.54) is 24.4 Å². The molecule has 1 atom stereocenters. The first-order valence-electron chi connectivity index (χ1n) is 5.26. The Bertz CT molecular complexity index is 528. The molecule has 2 aromatic heterocycles. The van der Waals surface area contributed by atoms with Crippen molar-refractivity contribution in [3.8, 4) is 0 Å². The summed E-state index contributed by atoms with van der Waals surface area (Å²) in [4.78, 5) is 26.1. The summed E-state index contributed by atoms with van der Waals surface area (Å²) in [6.45, 7) is 1.96. The van der Waals surface area contributed by atoms with E-state index in [1.807, 2.05) is 6.92 Å². The third kappa shape index (κ3) is 2.55. The highest BCUT2D eigenvalue weighted by Gasteiger charge is 2.20. The van der Waals surface area contributed by atoms with Crippen molar-refractivity contribution in [2.75, 3.05) is 0 Å². The van der Waals surface area contributed by atoms with Crippen molar-refractivity contribution in [3.05, 3.63) is 12.7 Å². The second-order valence-electron chi connectivity index (χ2n) is 3.51. The monoisotopic (exact) mass is 252 g/mol. The van der Waals surface area contributed by atoms with Gasteiger partial charge in [-0.05, 0) is 6.42 Å². The fourth-order valence-electron chi connectivity index (χ4n) is 1.46. The number of carboxylic acid groups (broad SMARTS) is 1. The number of carboxylic acids is 1. The van der Waals surface area contributed by atoms with E-state index in [2.05, 4.69) is 19.9 Å². The van der Waals surface area contributed by atoms with Crippen LogP contribution in [-0.4, -0.2) is 36.3 Å². The Labute approximate surface area is 102 Å². The normalized spacial score (nSPS) is 12.8. The van der Waals surface area contributed by atoms with E-state index in [4.69, 9.17) is 5.11 Å². The smallest absolute Gasteiger partial charge is 0.317 e. The molecule has 90 valence electrons.